The number of benzene rings is 1. The standard InChI is InChI=1S/C17H28N2O/c1-3-17(14-7-9-16(20)10-8-14)19-13-5-4-6-15(19)11-12-18-2/h7-10,15,17-18,20H,3-6,11-13H2,1-2H3. The first-order valence-electron chi connectivity index (χ1n) is 7.95. The molecule has 112 valence electrons. The van der Waals surface area contributed by atoms with Gasteiger partial charge in [-0.05, 0) is 63.5 Å². The van der Waals surface area contributed by atoms with Crippen LogP contribution in [-0.4, -0.2) is 36.2 Å². The van der Waals surface area contributed by atoms with E-state index >= 15 is 0 Å². The maximum Gasteiger partial charge on any atom is 0.115 e. The third-order valence-electron chi connectivity index (χ3n) is 4.47. The molecule has 1 fully saturated rings. The van der Waals surface area contributed by atoms with Gasteiger partial charge in [0, 0.05) is 12.1 Å². The van der Waals surface area contributed by atoms with Crippen molar-refractivity contribution in [3.8, 4) is 5.75 Å². The van der Waals surface area contributed by atoms with Crippen LogP contribution in [0.5, 0.6) is 5.75 Å². The van der Waals surface area contributed by atoms with Crippen molar-refractivity contribution in [2.75, 3.05) is 20.1 Å². The highest BCUT2D eigenvalue weighted by Crippen LogP contribution is 2.32. The van der Waals surface area contributed by atoms with E-state index in [1.54, 1.807) is 0 Å². The third-order valence-corrected chi connectivity index (χ3v) is 4.47. The summed E-state index contributed by atoms with van der Waals surface area (Å²) in [6, 6.07) is 8.95. The van der Waals surface area contributed by atoms with Crippen LogP contribution in [0.2, 0.25) is 0 Å². The predicted molar refractivity (Wildman–Crippen MR) is 84.0 cm³/mol. The van der Waals surface area contributed by atoms with E-state index in [1.807, 2.05) is 19.2 Å². The number of nitrogens with zero attached hydrogens (tertiary/aromatic N) is 1. The van der Waals surface area contributed by atoms with Gasteiger partial charge in [-0.15, -0.1) is 0 Å². The molecule has 3 nitrogen and oxygen atoms in total. The second-order valence-corrected chi connectivity index (χ2v) is 5.80. The molecule has 3 heteroatoms. The summed E-state index contributed by atoms with van der Waals surface area (Å²) >= 11 is 0. The summed E-state index contributed by atoms with van der Waals surface area (Å²) in [6.45, 7) is 4.56. The Hall–Kier alpha value is -1.06. The second-order valence-electron chi connectivity index (χ2n) is 5.80. The van der Waals surface area contributed by atoms with Gasteiger partial charge in [0.05, 0.1) is 0 Å². The van der Waals surface area contributed by atoms with Gasteiger partial charge in [-0.1, -0.05) is 25.5 Å². The quantitative estimate of drug-likeness (QED) is 0.837. The zero-order chi connectivity index (χ0) is 14.4. The minimum absolute atomic E-state index is 0.356. The average molecular weight is 276 g/mol. The second kappa shape index (κ2) is 7.65. The Balaban J connectivity index is 2.12. The number of hydrogen-bond donors (Lipinski definition) is 2. The van der Waals surface area contributed by atoms with Gasteiger partial charge < -0.3 is 10.4 Å². The number of nitrogens with one attached hydrogen (secondary N) is 1. The number of piperidine rings is 1. The molecule has 1 saturated heterocycles. The van der Waals surface area contributed by atoms with Crippen molar-refractivity contribution in [2.24, 2.45) is 0 Å². The summed E-state index contributed by atoms with van der Waals surface area (Å²) in [5.41, 5.74) is 1.33. The molecule has 2 unspecified atom stereocenters. The van der Waals surface area contributed by atoms with Crippen LogP contribution in [0.3, 0.4) is 0 Å². The lowest BCUT2D eigenvalue weighted by Gasteiger charge is -2.41. The lowest BCUT2D eigenvalue weighted by Crippen LogP contribution is -2.43. The fourth-order valence-electron chi connectivity index (χ4n) is 3.41. The van der Waals surface area contributed by atoms with Gasteiger partial charge in [-0.3, -0.25) is 4.90 Å². The molecule has 1 aromatic rings. The van der Waals surface area contributed by atoms with E-state index in [2.05, 4.69) is 29.3 Å². The monoisotopic (exact) mass is 276 g/mol. The highest BCUT2D eigenvalue weighted by Gasteiger charge is 2.28. The SMILES string of the molecule is CCC(c1ccc(O)cc1)N1CCCCC1CCNC. The molecule has 0 aliphatic carbocycles. The molecule has 2 atom stereocenters. The summed E-state index contributed by atoms with van der Waals surface area (Å²) in [7, 11) is 2.03. The van der Waals surface area contributed by atoms with Crippen LogP contribution in [0.1, 0.15) is 50.6 Å². The first kappa shape index (κ1) is 15.3. The minimum atomic E-state index is 0.356. The molecule has 1 aliphatic rings. The summed E-state index contributed by atoms with van der Waals surface area (Å²) in [5.74, 6) is 0.356. The molecule has 0 saturated carbocycles. The molecule has 0 spiro atoms. The smallest absolute Gasteiger partial charge is 0.115 e. The predicted octanol–water partition coefficient (Wildman–Crippen LogP) is 3.31. The van der Waals surface area contributed by atoms with Crippen LogP contribution < -0.4 is 5.32 Å². The molecule has 1 aromatic carbocycles. The molecule has 0 amide bonds. The van der Waals surface area contributed by atoms with Crippen LogP contribution in [0.15, 0.2) is 24.3 Å². The van der Waals surface area contributed by atoms with E-state index in [9.17, 15) is 5.11 Å². The molecule has 0 bridgehead atoms. The summed E-state index contributed by atoms with van der Waals surface area (Å²) < 4.78 is 0. The zero-order valence-corrected chi connectivity index (χ0v) is 12.8. The molecule has 1 heterocycles. The van der Waals surface area contributed by atoms with Crippen LogP contribution in [0, 0.1) is 0 Å². The maximum atomic E-state index is 9.47. The topological polar surface area (TPSA) is 35.5 Å². The van der Waals surface area contributed by atoms with Crippen molar-refractivity contribution in [1.29, 1.82) is 0 Å². The Bertz CT molecular complexity index is 390. The molecule has 2 N–H and O–H groups in total. The van der Waals surface area contributed by atoms with Gasteiger partial charge in [0.25, 0.3) is 0 Å². The van der Waals surface area contributed by atoms with E-state index in [-0.39, 0.29) is 0 Å². The van der Waals surface area contributed by atoms with Gasteiger partial charge >= 0.3 is 0 Å². The molecule has 1 aliphatic heterocycles. The van der Waals surface area contributed by atoms with E-state index in [0.29, 0.717) is 17.8 Å². The minimum Gasteiger partial charge on any atom is -0.508 e. The number of hydrogen-bond acceptors (Lipinski definition) is 3. The van der Waals surface area contributed by atoms with E-state index < -0.39 is 0 Å². The number of phenols is 1. The van der Waals surface area contributed by atoms with Crippen molar-refractivity contribution < 1.29 is 5.11 Å². The fourth-order valence-corrected chi connectivity index (χ4v) is 3.41. The van der Waals surface area contributed by atoms with Gasteiger partial charge in [0.15, 0.2) is 0 Å². The first-order valence-corrected chi connectivity index (χ1v) is 7.95. The van der Waals surface area contributed by atoms with Crippen molar-refractivity contribution >= 4 is 0 Å². The fraction of sp³-hybridized carbons (Fsp3) is 0.647. The Morgan fingerprint density at radius 2 is 2.05 bits per heavy atom. The summed E-state index contributed by atoms with van der Waals surface area (Å²) in [4.78, 5) is 2.69. The maximum absolute atomic E-state index is 9.47. The van der Waals surface area contributed by atoms with Crippen molar-refractivity contribution in [3.05, 3.63) is 29.8 Å². The Labute approximate surface area is 123 Å². The number of phenolic OH excluding ortho intramolecular Hbond substituents is 1. The van der Waals surface area contributed by atoms with Crippen molar-refractivity contribution in [3.63, 3.8) is 0 Å². The highest BCUT2D eigenvalue weighted by molar-refractivity contribution is 5.28. The van der Waals surface area contributed by atoms with Gasteiger partial charge in [-0.2, -0.15) is 0 Å². The molecule has 2 rings (SSSR count). The summed E-state index contributed by atoms with van der Waals surface area (Å²) in [6.07, 6.45) is 6.34. The van der Waals surface area contributed by atoms with E-state index in [0.717, 1.165) is 13.0 Å². The van der Waals surface area contributed by atoms with Crippen LogP contribution in [0.25, 0.3) is 0 Å². The van der Waals surface area contributed by atoms with Crippen molar-refractivity contribution in [1.82, 2.24) is 10.2 Å². The number of likely N-dealkylation sites (tertiary alicyclic amines) is 1. The molecular formula is C17H28N2O. The molecule has 20 heavy (non-hydrogen) atoms. The highest BCUT2D eigenvalue weighted by atomic mass is 16.3. The zero-order valence-electron chi connectivity index (χ0n) is 12.8. The van der Waals surface area contributed by atoms with Crippen LogP contribution in [-0.2, 0) is 0 Å². The van der Waals surface area contributed by atoms with Gasteiger partial charge in [0.2, 0.25) is 0 Å². The van der Waals surface area contributed by atoms with Gasteiger partial charge in [0.1, 0.15) is 5.75 Å². The average Bonchev–Trinajstić information content (AvgIpc) is 2.49. The van der Waals surface area contributed by atoms with Gasteiger partial charge in [-0.25, -0.2) is 0 Å². The van der Waals surface area contributed by atoms with E-state index in [1.165, 1.54) is 37.8 Å². The first-order chi connectivity index (χ1) is 9.76. The van der Waals surface area contributed by atoms with Crippen LogP contribution >= 0.6 is 0 Å². The molecular weight excluding hydrogens is 248 g/mol. The Morgan fingerprint density at radius 3 is 2.70 bits per heavy atom. The van der Waals surface area contributed by atoms with Crippen LogP contribution in [0.4, 0.5) is 0 Å². The normalized spacial score (nSPS) is 21.8. The largest absolute Gasteiger partial charge is 0.508 e. The summed E-state index contributed by atoms with van der Waals surface area (Å²) in [5, 5.41) is 12.7. The third kappa shape index (κ3) is 3.74. The Kier molecular flexibility index (Phi) is 5.86. The Morgan fingerprint density at radius 1 is 1.30 bits per heavy atom. The van der Waals surface area contributed by atoms with Crippen molar-refractivity contribution in [2.45, 2.75) is 51.1 Å². The lowest BCUT2D eigenvalue weighted by atomic mass is 9.93. The molecule has 0 radical (unpaired) electrons. The number of aromatic hydroxyl groups is 1. The lowest BCUT2D eigenvalue weighted by molar-refractivity contribution is 0.0860. The van der Waals surface area contributed by atoms with E-state index in [4.69, 9.17) is 0 Å². The molecule has 0 aromatic heterocycles. The number of rotatable bonds is 6.